The second-order valence-electron chi connectivity index (χ2n) is 4.53. The topological polar surface area (TPSA) is 84.7 Å². The number of likely N-dealkylation sites (N-methyl/N-ethyl adjacent to an activating group) is 1. The second-order valence-corrected chi connectivity index (χ2v) is 4.53. The van der Waals surface area contributed by atoms with Crippen molar-refractivity contribution in [3.8, 4) is 5.75 Å². The Morgan fingerprint density at radius 2 is 2.26 bits per heavy atom. The summed E-state index contributed by atoms with van der Waals surface area (Å²) in [5, 5.41) is 2.72. The first-order chi connectivity index (χ1) is 9.02. The Kier molecular flexibility index (Phi) is 3.59. The van der Waals surface area contributed by atoms with E-state index in [2.05, 4.69) is 5.32 Å². The predicted octanol–water partition coefficient (Wildman–Crippen LogP) is 0.238. The number of nitrogens with two attached hydrogens (primary N) is 1. The van der Waals surface area contributed by atoms with Gasteiger partial charge in [0.1, 0.15) is 11.8 Å². The molecule has 1 aliphatic rings. The summed E-state index contributed by atoms with van der Waals surface area (Å²) in [5.74, 6) is 0.00422. The minimum absolute atomic E-state index is 0.0669. The molecule has 102 valence electrons. The molecule has 1 atom stereocenters. The Morgan fingerprint density at radius 1 is 1.53 bits per heavy atom. The maximum absolute atomic E-state index is 12.1. The van der Waals surface area contributed by atoms with Gasteiger partial charge in [0.25, 0.3) is 5.91 Å². The Hall–Kier alpha value is -2.24. The van der Waals surface area contributed by atoms with Crippen LogP contribution in [0.4, 0.5) is 5.69 Å². The molecule has 0 radical (unpaired) electrons. The van der Waals surface area contributed by atoms with Crippen LogP contribution in [0, 0.1) is 0 Å². The van der Waals surface area contributed by atoms with Crippen molar-refractivity contribution in [3.05, 3.63) is 23.8 Å². The molecule has 0 aromatic heterocycles. The Balaban J connectivity index is 2.14. The number of nitrogens with one attached hydrogen (secondary N) is 1. The van der Waals surface area contributed by atoms with Crippen molar-refractivity contribution < 1.29 is 14.3 Å². The molecule has 1 unspecified atom stereocenters. The number of likely N-dealkylation sites (tertiary alicyclic amines) is 1. The number of methoxy groups -OCH3 is 1. The van der Waals surface area contributed by atoms with Crippen LogP contribution in [0.3, 0.4) is 0 Å². The molecule has 3 N–H and O–H groups in total. The molecule has 0 bridgehead atoms. The normalized spacial score (nSPS) is 18.5. The number of amides is 2. The average molecular weight is 263 g/mol. The van der Waals surface area contributed by atoms with Crippen molar-refractivity contribution in [2.75, 3.05) is 26.4 Å². The molecular formula is C13H17N3O3. The molecule has 0 spiro atoms. The van der Waals surface area contributed by atoms with Crippen LogP contribution in [0.5, 0.6) is 5.75 Å². The van der Waals surface area contributed by atoms with Crippen molar-refractivity contribution in [1.82, 2.24) is 10.2 Å². The standard InChI is InChI=1S/C13H17N3O3/c1-16-6-5-10(13(16)18)15-12(17)9-4-3-8(14)7-11(9)19-2/h3-4,7,10H,5-6,14H2,1-2H3,(H,15,17). The van der Waals surface area contributed by atoms with Gasteiger partial charge in [-0.3, -0.25) is 9.59 Å². The fourth-order valence-corrected chi connectivity index (χ4v) is 2.09. The first-order valence-corrected chi connectivity index (χ1v) is 6.02. The molecule has 2 amide bonds. The highest BCUT2D eigenvalue weighted by molar-refractivity contribution is 6.00. The molecule has 1 aliphatic heterocycles. The van der Waals surface area contributed by atoms with Crippen molar-refractivity contribution in [3.63, 3.8) is 0 Å². The fourth-order valence-electron chi connectivity index (χ4n) is 2.09. The monoisotopic (exact) mass is 263 g/mol. The number of rotatable bonds is 3. The van der Waals surface area contributed by atoms with Gasteiger partial charge in [-0.05, 0) is 18.6 Å². The summed E-state index contributed by atoms with van der Waals surface area (Å²) in [5.41, 5.74) is 6.53. The number of carbonyl (C=O) groups excluding carboxylic acids is 2. The Morgan fingerprint density at radius 3 is 2.84 bits per heavy atom. The van der Waals surface area contributed by atoms with Crippen LogP contribution < -0.4 is 15.8 Å². The highest BCUT2D eigenvalue weighted by Crippen LogP contribution is 2.22. The van der Waals surface area contributed by atoms with Crippen LogP contribution in [0.15, 0.2) is 18.2 Å². The smallest absolute Gasteiger partial charge is 0.255 e. The van der Waals surface area contributed by atoms with Crippen LogP contribution in [0.25, 0.3) is 0 Å². The first kappa shape index (κ1) is 13.2. The number of anilines is 1. The Bertz CT molecular complexity index is 516. The number of benzene rings is 1. The van der Waals surface area contributed by atoms with Gasteiger partial charge in [-0.2, -0.15) is 0 Å². The highest BCUT2D eigenvalue weighted by Gasteiger charge is 2.30. The summed E-state index contributed by atoms with van der Waals surface area (Å²) >= 11 is 0. The molecule has 0 saturated carbocycles. The van der Waals surface area contributed by atoms with Crippen molar-refractivity contribution in [2.45, 2.75) is 12.5 Å². The average Bonchev–Trinajstić information content (AvgIpc) is 2.70. The fraction of sp³-hybridized carbons (Fsp3) is 0.385. The third kappa shape index (κ3) is 2.62. The maximum atomic E-state index is 12.1. The zero-order valence-electron chi connectivity index (χ0n) is 11.0. The van der Waals surface area contributed by atoms with E-state index >= 15 is 0 Å². The van der Waals surface area contributed by atoms with Crippen LogP contribution in [-0.2, 0) is 4.79 Å². The van der Waals surface area contributed by atoms with Gasteiger partial charge in [0.2, 0.25) is 5.91 Å². The number of hydrogen-bond donors (Lipinski definition) is 2. The second kappa shape index (κ2) is 5.17. The largest absolute Gasteiger partial charge is 0.496 e. The van der Waals surface area contributed by atoms with E-state index in [4.69, 9.17) is 10.5 Å². The van der Waals surface area contributed by atoms with Gasteiger partial charge in [-0.15, -0.1) is 0 Å². The maximum Gasteiger partial charge on any atom is 0.255 e. The summed E-state index contributed by atoms with van der Waals surface area (Å²) in [6.07, 6.45) is 0.623. The van der Waals surface area contributed by atoms with E-state index in [1.54, 1.807) is 30.1 Å². The minimum Gasteiger partial charge on any atom is -0.496 e. The van der Waals surface area contributed by atoms with Gasteiger partial charge >= 0.3 is 0 Å². The van der Waals surface area contributed by atoms with E-state index in [0.717, 1.165) is 0 Å². The molecule has 0 aliphatic carbocycles. The molecule has 1 fully saturated rings. The third-order valence-corrected chi connectivity index (χ3v) is 3.20. The van der Waals surface area contributed by atoms with E-state index in [1.807, 2.05) is 0 Å². The molecule has 1 heterocycles. The number of hydrogen-bond acceptors (Lipinski definition) is 4. The molecule has 1 aromatic rings. The molecule has 6 nitrogen and oxygen atoms in total. The molecule has 6 heteroatoms. The third-order valence-electron chi connectivity index (χ3n) is 3.20. The summed E-state index contributed by atoms with van der Waals surface area (Å²) in [6, 6.07) is 4.34. The van der Waals surface area contributed by atoms with E-state index in [-0.39, 0.29) is 11.8 Å². The lowest BCUT2D eigenvalue weighted by atomic mass is 10.1. The number of carbonyl (C=O) groups is 2. The number of nitrogen functional groups attached to an aromatic ring is 1. The molecule has 19 heavy (non-hydrogen) atoms. The molecule has 1 saturated heterocycles. The first-order valence-electron chi connectivity index (χ1n) is 6.02. The van der Waals surface area contributed by atoms with Crippen molar-refractivity contribution >= 4 is 17.5 Å². The zero-order chi connectivity index (χ0) is 14.0. The van der Waals surface area contributed by atoms with Crippen LogP contribution in [0.2, 0.25) is 0 Å². The van der Waals surface area contributed by atoms with Gasteiger partial charge in [0.15, 0.2) is 0 Å². The highest BCUT2D eigenvalue weighted by atomic mass is 16.5. The van der Waals surface area contributed by atoms with Gasteiger partial charge in [-0.1, -0.05) is 0 Å². The predicted molar refractivity (Wildman–Crippen MR) is 70.9 cm³/mol. The van der Waals surface area contributed by atoms with Crippen molar-refractivity contribution in [1.29, 1.82) is 0 Å². The zero-order valence-corrected chi connectivity index (χ0v) is 11.0. The Labute approximate surface area is 111 Å². The quantitative estimate of drug-likeness (QED) is 0.765. The van der Waals surface area contributed by atoms with Crippen LogP contribution in [0.1, 0.15) is 16.8 Å². The van der Waals surface area contributed by atoms with Gasteiger partial charge < -0.3 is 20.7 Å². The lowest BCUT2D eigenvalue weighted by Crippen LogP contribution is -2.40. The summed E-state index contributed by atoms with van der Waals surface area (Å²) in [4.78, 5) is 25.5. The lowest BCUT2D eigenvalue weighted by Gasteiger charge is -2.14. The van der Waals surface area contributed by atoms with Crippen molar-refractivity contribution in [2.24, 2.45) is 0 Å². The minimum atomic E-state index is -0.459. The van der Waals surface area contributed by atoms with Gasteiger partial charge in [0.05, 0.1) is 12.7 Å². The van der Waals surface area contributed by atoms with Gasteiger partial charge in [0, 0.05) is 25.3 Å². The number of nitrogens with zero attached hydrogens (tertiary/aromatic N) is 1. The van der Waals surface area contributed by atoms with Gasteiger partial charge in [-0.25, -0.2) is 0 Å². The van der Waals surface area contributed by atoms with Crippen LogP contribution >= 0.6 is 0 Å². The van der Waals surface area contributed by atoms with E-state index < -0.39 is 6.04 Å². The number of ether oxygens (including phenoxy) is 1. The van der Waals surface area contributed by atoms with E-state index in [0.29, 0.717) is 30.0 Å². The van der Waals surface area contributed by atoms with E-state index in [1.165, 1.54) is 7.11 Å². The summed E-state index contributed by atoms with van der Waals surface area (Å²) in [6.45, 7) is 0.655. The van der Waals surface area contributed by atoms with E-state index in [9.17, 15) is 9.59 Å². The summed E-state index contributed by atoms with van der Waals surface area (Å²) in [7, 11) is 3.19. The van der Waals surface area contributed by atoms with Crippen LogP contribution in [-0.4, -0.2) is 43.5 Å². The summed E-state index contributed by atoms with van der Waals surface area (Å²) < 4.78 is 5.12. The molecule has 2 rings (SSSR count). The SMILES string of the molecule is COc1cc(N)ccc1C(=O)NC1CCN(C)C1=O. The molecular weight excluding hydrogens is 246 g/mol. The molecule has 1 aromatic carbocycles. The lowest BCUT2D eigenvalue weighted by molar-refractivity contribution is -0.128.